The van der Waals surface area contributed by atoms with E-state index in [0.717, 1.165) is 66.5 Å². The van der Waals surface area contributed by atoms with Crippen LogP contribution in [0.5, 0.6) is 0 Å². The van der Waals surface area contributed by atoms with Crippen molar-refractivity contribution in [3.8, 4) is 11.1 Å². The van der Waals surface area contributed by atoms with E-state index in [1.165, 1.54) is 27.1 Å². The first-order chi connectivity index (χ1) is 23.3. The summed E-state index contributed by atoms with van der Waals surface area (Å²) in [7, 11) is 0. The summed E-state index contributed by atoms with van der Waals surface area (Å²) >= 11 is 0. The Kier molecular flexibility index (Phi) is 5.54. The van der Waals surface area contributed by atoms with Gasteiger partial charge in [0.05, 0.1) is 29.2 Å². The van der Waals surface area contributed by atoms with E-state index in [4.69, 9.17) is 8.83 Å². The van der Waals surface area contributed by atoms with Crippen molar-refractivity contribution < 1.29 is 8.83 Å². The first kappa shape index (κ1) is 25.9. The van der Waals surface area contributed by atoms with E-state index in [0.29, 0.717) is 0 Å². The lowest BCUT2D eigenvalue weighted by molar-refractivity contribution is 0.666. The summed E-state index contributed by atoms with van der Waals surface area (Å²) in [5.74, 6) is 0. The smallest absolute Gasteiger partial charge is 0.159 e. The van der Waals surface area contributed by atoms with Gasteiger partial charge in [0.15, 0.2) is 11.2 Å². The Morgan fingerprint density at radius 3 is 1.94 bits per heavy atom. The normalized spacial score (nSPS) is 11.8. The topological polar surface area (TPSA) is 42.4 Å². The van der Waals surface area contributed by atoms with Crippen LogP contribution in [0.15, 0.2) is 167 Å². The third-order valence-corrected chi connectivity index (χ3v) is 9.34. The Hall–Kier alpha value is -6.39. The number of aromatic nitrogens is 1. The lowest BCUT2D eigenvalue weighted by Crippen LogP contribution is -2.11. The molecule has 3 heterocycles. The number of fused-ring (bicyclic) bond motifs is 9. The summed E-state index contributed by atoms with van der Waals surface area (Å²) in [5, 5.41) is 9.20. The molecule has 7 aromatic carbocycles. The summed E-state index contributed by atoms with van der Waals surface area (Å²) in [4.78, 5) is 6.92. The van der Waals surface area contributed by atoms with E-state index in [-0.39, 0.29) is 0 Å². The van der Waals surface area contributed by atoms with E-state index in [1.807, 2.05) is 30.5 Å². The van der Waals surface area contributed by atoms with Crippen molar-refractivity contribution >= 4 is 82.5 Å². The Balaban J connectivity index is 1.22. The van der Waals surface area contributed by atoms with E-state index in [1.54, 1.807) is 6.20 Å². The van der Waals surface area contributed by atoms with Gasteiger partial charge in [-0.2, -0.15) is 0 Å². The van der Waals surface area contributed by atoms with Crippen LogP contribution in [0.2, 0.25) is 0 Å². The minimum atomic E-state index is 0.740. The van der Waals surface area contributed by atoms with Gasteiger partial charge in [-0.25, -0.2) is 0 Å². The molecule has 0 N–H and O–H groups in total. The molecule has 0 fully saturated rings. The van der Waals surface area contributed by atoms with Crippen LogP contribution >= 0.6 is 0 Å². The molecule has 0 atom stereocenters. The Bertz CT molecular complexity index is 2810. The predicted molar refractivity (Wildman–Crippen MR) is 194 cm³/mol. The molecule has 0 aliphatic rings. The van der Waals surface area contributed by atoms with Gasteiger partial charge >= 0.3 is 0 Å². The van der Waals surface area contributed by atoms with Crippen LogP contribution in [0.25, 0.3) is 76.5 Å². The summed E-state index contributed by atoms with van der Waals surface area (Å²) in [6, 6.07) is 51.1. The number of nitrogens with zero attached hydrogens (tertiary/aromatic N) is 2. The quantitative estimate of drug-likeness (QED) is 0.188. The number of pyridine rings is 1. The van der Waals surface area contributed by atoms with Gasteiger partial charge in [-0.15, -0.1) is 0 Å². The molecular weight excluding hydrogens is 576 g/mol. The second-order valence-electron chi connectivity index (χ2n) is 12.0. The third kappa shape index (κ3) is 3.92. The molecule has 47 heavy (non-hydrogen) atoms. The van der Waals surface area contributed by atoms with Gasteiger partial charge in [0, 0.05) is 21.8 Å². The van der Waals surface area contributed by atoms with Gasteiger partial charge < -0.3 is 13.7 Å². The number of benzene rings is 7. The van der Waals surface area contributed by atoms with E-state index in [2.05, 4.69) is 131 Å². The molecule has 3 aromatic heterocycles. The first-order valence-electron chi connectivity index (χ1n) is 15.8. The molecule has 0 radical (unpaired) electrons. The third-order valence-electron chi connectivity index (χ3n) is 9.34. The maximum Gasteiger partial charge on any atom is 0.159 e. The fourth-order valence-corrected chi connectivity index (χ4v) is 7.23. The van der Waals surface area contributed by atoms with Crippen LogP contribution in [0, 0.1) is 0 Å². The minimum Gasteiger partial charge on any atom is -0.454 e. The first-order valence-corrected chi connectivity index (χ1v) is 15.8. The highest BCUT2D eigenvalue weighted by molar-refractivity contribution is 6.16. The van der Waals surface area contributed by atoms with Crippen LogP contribution in [-0.2, 0) is 0 Å². The van der Waals surface area contributed by atoms with Gasteiger partial charge in [-0.05, 0) is 69.1 Å². The maximum atomic E-state index is 6.59. The number of para-hydroxylation sites is 3. The molecule has 4 heteroatoms. The lowest BCUT2D eigenvalue weighted by Gasteiger charge is -2.26. The zero-order valence-corrected chi connectivity index (χ0v) is 25.2. The van der Waals surface area contributed by atoms with Crippen LogP contribution in [0.3, 0.4) is 0 Å². The largest absolute Gasteiger partial charge is 0.454 e. The highest BCUT2D eigenvalue weighted by atomic mass is 16.3. The molecule has 0 saturated carbocycles. The van der Waals surface area contributed by atoms with Crippen molar-refractivity contribution in [2.24, 2.45) is 0 Å². The molecule has 220 valence electrons. The fourth-order valence-electron chi connectivity index (χ4n) is 7.23. The van der Waals surface area contributed by atoms with E-state index < -0.39 is 0 Å². The highest BCUT2D eigenvalue weighted by Gasteiger charge is 2.23. The SMILES string of the molecule is c1ccc2c(c1)cc(-c1ccc(N(c3cccc4c3oc3ccccc34)c3cncc4oc5ccccc5c34)cc1)c1ccccc12. The van der Waals surface area contributed by atoms with E-state index in [9.17, 15) is 0 Å². The van der Waals surface area contributed by atoms with E-state index >= 15 is 0 Å². The second-order valence-corrected chi connectivity index (χ2v) is 12.0. The zero-order chi connectivity index (χ0) is 30.9. The van der Waals surface area contributed by atoms with Crippen molar-refractivity contribution in [2.75, 3.05) is 4.90 Å². The monoisotopic (exact) mass is 602 g/mol. The number of anilines is 3. The van der Waals surface area contributed by atoms with Crippen molar-refractivity contribution in [1.29, 1.82) is 0 Å². The number of hydrogen-bond acceptors (Lipinski definition) is 4. The van der Waals surface area contributed by atoms with Gasteiger partial charge in [0.2, 0.25) is 0 Å². The predicted octanol–water partition coefficient (Wildman–Crippen LogP) is 12.3. The average molecular weight is 603 g/mol. The Morgan fingerprint density at radius 1 is 0.447 bits per heavy atom. The molecule has 0 amide bonds. The molecule has 4 nitrogen and oxygen atoms in total. The van der Waals surface area contributed by atoms with Crippen molar-refractivity contribution in [3.05, 3.63) is 158 Å². The molecule has 0 spiro atoms. The van der Waals surface area contributed by atoms with Crippen LogP contribution < -0.4 is 4.90 Å². The summed E-state index contributed by atoms with van der Waals surface area (Å²) in [6.07, 6.45) is 3.73. The summed E-state index contributed by atoms with van der Waals surface area (Å²) < 4.78 is 12.9. The van der Waals surface area contributed by atoms with Gasteiger partial charge in [0.1, 0.15) is 11.2 Å². The van der Waals surface area contributed by atoms with Crippen LogP contribution in [-0.4, -0.2) is 4.98 Å². The van der Waals surface area contributed by atoms with Crippen molar-refractivity contribution in [3.63, 3.8) is 0 Å². The molecule has 0 saturated heterocycles. The number of hydrogen-bond donors (Lipinski definition) is 0. The lowest BCUT2D eigenvalue weighted by atomic mass is 9.93. The van der Waals surface area contributed by atoms with Gasteiger partial charge in [-0.3, -0.25) is 4.98 Å². The molecular formula is C43H26N2O2. The highest BCUT2D eigenvalue weighted by Crippen LogP contribution is 2.46. The summed E-state index contributed by atoms with van der Waals surface area (Å²) in [6.45, 7) is 0. The maximum absolute atomic E-state index is 6.59. The van der Waals surface area contributed by atoms with Crippen LogP contribution in [0.4, 0.5) is 17.1 Å². The molecule has 0 aliphatic heterocycles. The van der Waals surface area contributed by atoms with Crippen molar-refractivity contribution in [2.45, 2.75) is 0 Å². The Morgan fingerprint density at radius 2 is 1.11 bits per heavy atom. The average Bonchev–Trinajstić information content (AvgIpc) is 3.71. The molecule has 10 rings (SSSR count). The molecule has 0 bridgehead atoms. The summed E-state index contributed by atoms with van der Waals surface area (Å²) in [5.41, 5.74) is 8.46. The fraction of sp³-hybridized carbons (Fsp3) is 0. The molecule has 0 aliphatic carbocycles. The molecule has 10 aromatic rings. The molecule has 0 unspecified atom stereocenters. The van der Waals surface area contributed by atoms with Crippen molar-refractivity contribution in [1.82, 2.24) is 4.98 Å². The standard InChI is InChI=1S/C43H26N2O2/c1-2-11-30-28(10-1)24-36(32-13-4-3-12-31(30)32)27-20-22-29(23-21-27)45(37-17-9-16-34-33-14-5-7-18-39(33)47-43(34)37)38-25-44-26-41-42(38)35-15-6-8-19-40(35)46-41/h1-26H. The van der Waals surface area contributed by atoms with Crippen LogP contribution in [0.1, 0.15) is 0 Å². The van der Waals surface area contributed by atoms with Gasteiger partial charge in [0.25, 0.3) is 0 Å². The Labute approximate surface area is 269 Å². The van der Waals surface area contributed by atoms with Gasteiger partial charge in [-0.1, -0.05) is 109 Å². The number of furan rings is 2. The minimum absolute atomic E-state index is 0.740. The number of rotatable bonds is 4. The second kappa shape index (κ2) is 10.1. The zero-order valence-electron chi connectivity index (χ0n) is 25.2.